The lowest BCUT2D eigenvalue weighted by Crippen LogP contribution is -2.25. The zero-order valence-electron chi connectivity index (χ0n) is 6.34. The van der Waals surface area contributed by atoms with Gasteiger partial charge < -0.3 is 10.4 Å². The van der Waals surface area contributed by atoms with Gasteiger partial charge in [-0.3, -0.25) is 4.79 Å². The van der Waals surface area contributed by atoms with E-state index in [4.69, 9.17) is 5.11 Å². The van der Waals surface area contributed by atoms with Crippen molar-refractivity contribution >= 4 is 6.41 Å². The van der Waals surface area contributed by atoms with Gasteiger partial charge in [0.15, 0.2) is 0 Å². The van der Waals surface area contributed by atoms with Crippen LogP contribution < -0.4 is 5.32 Å². The van der Waals surface area contributed by atoms with Crippen LogP contribution in [0.5, 0.6) is 0 Å². The maximum absolute atomic E-state index is 9.76. The predicted molar refractivity (Wildman–Crippen MR) is 39.6 cm³/mol. The Morgan fingerprint density at radius 1 is 1.70 bits per heavy atom. The second-order valence-corrected chi connectivity index (χ2v) is 2.32. The van der Waals surface area contributed by atoms with Crippen molar-refractivity contribution in [3.63, 3.8) is 0 Å². The highest BCUT2D eigenvalue weighted by Crippen LogP contribution is 1.97. The first-order valence-electron chi connectivity index (χ1n) is 3.66. The number of carbonyl (C=O) groups is 1. The van der Waals surface area contributed by atoms with Crippen molar-refractivity contribution in [2.75, 3.05) is 6.54 Å². The third-order valence-electron chi connectivity index (χ3n) is 1.33. The number of hydrogen-bond donors (Lipinski definition) is 2. The molecule has 0 heterocycles. The Labute approximate surface area is 61.4 Å². The van der Waals surface area contributed by atoms with Crippen molar-refractivity contribution in [1.82, 2.24) is 5.32 Å². The molecule has 3 nitrogen and oxygen atoms in total. The summed E-state index contributed by atoms with van der Waals surface area (Å²) >= 11 is 0. The largest absolute Gasteiger partial charge is 0.391 e. The van der Waals surface area contributed by atoms with Gasteiger partial charge in [-0.2, -0.15) is 0 Å². The highest BCUT2D eigenvalue weighted by molar-refractivity contribution is 5.45. The summed E-state index contributed by atoms with van der Waals surface area (Å²) in [5.41, 5.74) is 0. The van der Waals surface area contributed by atoms with Gasteiger partial charge >= 0.3 is 0 Å². The molecule has 10 heavy (non-hydrogen) atoms. The fourth-order valence-electron chi connectivity index (χ4n) is 0.726. The van der Waals surface area contributed by atoms with E-state index < -0.39 is 0 Å². The zero-order valence-corrected chi connectivity index (χ0v) is 6.34. The van der Waals surface area contributed by atoms with Crippen molar-refractivity contribution in [2.24, 2.45) is 0 Å². The van der Waals surface area contributed by atoms with E-state index in [9.17, 15) is 4.79 Å². The molecule has 2 N–H and O–H groups in total. The Morgan fingerprint density at radius 3 is 2.90 bits per heavy atom. The number of carbonyl (C=O) groups excluding carboxylic acids is 1. The molecular weight excluding hydrogens is 130 g/mol. The number of aliphatic hydroxyl groups is 1. The summed E-state index contributed by atoms with van der Waals surface area (Å²) in [7, 11) is 0. The van der Waals surface area contributed by atoms with Gasteiger partial charge in [0.05, 0.1) is 6.10 Å². The van der Waals surface area contributed by atoms with E-state index in [2.05, 4.69) is 12.2 Å². The van der Waals surface area contributed by atoms with Gasteiger partial charge in [-0.1, -0.05) is 19.8 Å². The summed E-state index contributed by atoms with van der Waals surface area (Å²) in [5, 5.41) is 11.5. The second-order valence-electron chi connectivity index (χ2n) is 2.32. The molecule has 1 amide bonds. The maximum Gasteiger partial charge on any atom is 0.207 e. The van der Waals surface area contributed by atoms with Crippen molar-refractivity contribution in [3.05, 3.63) is 0 Å². The number of hydrogen-bond acceptors (Lipinski definition) is 2. The van der Waals surface area contributed by atoms with Crippen LogP contribution in [0.2, 0.25) is 0 Å². The minimum Gasteiger partial charge on any atom is -0.391 e. The molecule has 0 saturated heterocycles. The topological polar surface area (TPSA) is 49.3 Å². The van der Waals surface area contributed by atoms with E-state index >= 15 is 0 Å². The van der Waals surface area contributed by atoms with Crippen LogP contribution in [-0.2, 0) is 4.79 Å². The lowest BCUT2D eigenvalue weighted by Gasteiger charge is -2.07. The molecule has 0 spiro atoms. The van der Waals surface area contributed by atoms with Gasteiger partial charge in [0, 0.05) is 6.54 Å². The Kier molecular flexibility index (Phi) is 6.18. The highest BCUT2D eigenvalue weighted by Gasteiger charge is 2.00. The second kappa shape index (κ2) is 6.55. The van der Waals surface area contributed by atoms with Crippen LogP contribution in [0, 0.1) is 0 Å². The summed E-state index contributed by atoms with van der Waals surface area (Å²) in [4.78, 5) is 9.76. The lowest BCUT2D eigenvalue weighted by molar-refractivity contribution is -0.110. The molecule has 0 aromatic carbocycles. The van der Waals surface area contributed by atoms with E-state index in [1.165, 1.54) is 0 Å². The number of amides is 1. The lowest BCUT2D eigenvalue weighted by atomic mass is 10.2. The first-order valence-corrected chi connectivity index (χ1v) is 3.66. The normalized spacial score (nSPS) is 12.6. The minimum atomic E-state index is -0.370. The zero-order chi connectivity index (χ0) is 7.82. The quantitative estimate of drug-likeness (QED) is 0.527. The Morgan fingerprint density at radius 2 is 2.40 bits per heavy atom. The Balaban J connectivity index is 3.07. The summed E-state index contributed by atoms with van der Waals surface area (Å²) < 4.78 is 0. The molecule has 0 bridgehead atoms. The van der Waals surface area contributed by atoms with Gasteiger partial charge in [0.25, 0.3) is 0 Å². The van der Waals surface area contributed by atoms with Gasteiger partial charge in [0.1, 0.15) is 0 Å². The van der Waals surface area contributed by atoms with Crippen LogP contribution in [0.15, 0.2) is 0 Å². The van der Waals surface area contributed by atoms with Gasteiger partial charge in [-0.15, -0.1) is 0 Å². The molecule has 0 saturated carbocycles. The van der Waals surface area contributed by atoms with Crippen LogP contribution in [0.25, 0.3) is 0 Å². The van der Waals surface area contributed by atoms with Crippen LogP contribution in [-0.4, -0.2) is 24.2 Å². The van der Waals surface area contributed by atoms with E-state index in [0.29, 0.717) is 13.0 Å². The van der Waals surface area contributed by atoms with E-state index in [-0.39, 0.29) is 6.10 Å². The third-order valence-corrected chi connectivity index (χ3v) is 1.33. The van der Waals surface area contributed by atoms with Crippen LogP contribution in [0.4, 0.5) is 0 Å². The maximum atomic E-state index is 9.76. The summed E-state index contributed by atoms with van der Waals surface area (Å²) in [6, 6.07) is 0. The molecule has 0 aromatic heterocycles. The Bertz CT molecular complexity index is 85.7. The highest BCUT2D eigenvalue weighted by atomic mass is 16.3. The van der Waals surface area contributed by atoms with Gasteiger partial charge in [-0.25, -0.2) is 0 Å². The molecule has 3 heteroatoms. The van der Waals surface area contributed by atoms with E-state index in [1.54, 1.807) is 0 Å². The van der Waals surface area contributed by atoms with Crippen LogP contribution in [0.3, 0.4) is 0 Å². The number of aliphatic hydroxyl groups excluding tert-OH is 1. The molecule has 0 aromatic rings. The monoisotopic (exact) mass is 145 g/mol. The van der Waals surface area contributed by atoms with Crippen LogP contribution >= 0.6 is 0 Å². The van der Waals surface area contributed by atoms with Crippen LogP contribution in [0.1, 0.15) is 26.2 Å². The molecule has 0 aliphatic rings. The average Bonchev–Trinajstić information content (AvgIpc) is 1.97. The molecule has 0 aliphatic heterocycles. The fraction of sp³-hybridized carbons (Fsp3) is 0.857. The molecule has 1 atom stereocenters. The standard InChI is InChI=1S/C7H15NO2/c1-2-3-4-7(10)5-8-6-9/h6-7,10H,2-5H2,1H3,(H,8,9)/t7-/m0/s1. The van der Waals surface area contributed by atoms with Gasteiger partial charge in [-0.05, 0) is 6.42 Å². The van der Waals surface area contributed by atoms with Crippen molar-refractivity contribution < 1.29 is 9.90 Å². The van der Waals surface area contributed by atoms with Crippen molar-refractivity contribution in [1.29, 1.82) is 0 Å². The fourth-order valence-corrected chi connectivity index (χ4v) is 0.726. The third kappa shape index (κ3) is 5.56. The predicted octanol–water partition coefficient (Wildman–Crippen LogP) is 0.283. The molecule has 0 fully saturated rings. The molecule has 0 rings (SSSR count). The molecule has 0 radical (unpaired) electrons. The average molecular weight is 145 g/mol. The van der Waals surface area contributed by atoms with Crippen molar-refractivity contribution in [2.45, 2.75) is 32.3 Å². The Hall–Kier alpha value is -0.570. The molecule has 0 aliphatic carbocycles. The summed E-state index contributed by atoms with van der Waals surface area (Å²) in [6.45, 7) is 2.45. The number of unbranched alkanes of at least 4 members (excludes halogenated alkanes) is 1. The molecular formula is C7H15NO2. The minimum absolute atomic E-state index is 0.370. The van der Waals surface area contributed by atoms with E-state index in [0.717, 1.165) is 19.3 Å². The van der Waals surface area contributed by atoms with Gasteiger partial charge in [0.2, 0.25) is 6.41 Å². The number of nitrogens with one attached hydrogen (secondary N) is 1. The van der Waals surface area contributed by atoms with E-state index in [1.807, 2.05) is 0 Å². The molecule has 0 unspecified atom stereocenters. The van der Waals surface area contributed by atoms with Crippen molar-refractivity contribution in [3.8, 4) is 0 Å². The summed E-state index contributed by atoms with van der Waals surface area (Å²) in [5.74, 6) is 0. The first kappa shape index (κ1) is 9.43. The number of rotatable bonds is 6. The SMILES string of the molecule is CCCC[C@H](O)CNC=O. The first-order chi connectivity index (χ1) is 4.81. The summed E-state index contributed by atoms with van der Waals surface area (Å²) in [6.07, 6.45) is 3.11. The molecule has 60 valence electrons. The smallest absolute Gasteiger partial charge is 0.207 e.